The molecule has 1 aromatic carbocycles. The van der Waals surface area contributed by atoms with Crippen LogP contribution in [0.2, 0.25) is 0 Å². The van der Waals surface area contributed by atoms with Crippen LogP contribution in [0.3, 0.4) is 0 Å². The predicted octanol–water partition coefficient (Wildman–Crippen LogP) is 1.38. The van der Waals surface area contributed by atoms with Gasteiger partial charge < -0.3 is 20.3 Å². The van der Waals surface area contributed by atoms with Gasteiger partial charge >= 0.3 is 12.6 Å². The van der Waals surface area contributed by atoms with Crippen LogP contribution in [0.4, 0.5) is 8.78 Å². The van der Waals surface area contributed by atoms with E-state index in [0.717, 1.165) is 5.56 Å². The number of hydrogen-bond acceptors (Lipinski definition) is 4. The van der Waals surface area contributed by atoms with Crippen molar-refractivity contribution in [3.8, 4) is 5.75 Å². The third kappa shape index (κ3) is 5.19. The SMILES string of the molecule is C[C@H](NC[C@@H](O)C(=O)O)c1ccc(OC(F)F)cc1. The van der Waals surface area contributed by atoms with Crippen LogP contribution >= 0.6 is 0 Å². The molecule has 0 bridgehead atoms. The van der Waals surface area contributed by atoms with Gasteiger partial charge in [0.05, 0.1) is 0 Å². The van der Waals surface area contributed by atoms with E-state index in [1.165, 1.54) is 12.1 Å². The number of benzene rings is 1. The summed E-state index contributed by atoms with van der Waals surface area (Å²) in [5, 5.41) is 20.4. The molecule has 1 aromatic rings. The maximum absolute atomic E-state index is 11.9. The van der Waals surface area contributed by atoms with Crippen molar-refractivity contribution in [1.82, 2.24) is 5.32 Å². The molecule has 1 rings (SSSR count). The van der Waals surface area contributed by atoms with Crippen molar-refractivity contribution in [2.45, 2.75) is 25.7 Å². The predicted molar refractivity (Wildman–Crippen MR) is 63.1 cm³/mol. The van der Waals surface area contributed by atoms with Crippen molar-refractivity contribution in [3.05, 3.63) is 29.8 Å². The molecule has 19 heavy (non-hydrogen) atoms. The lowest BCUT2D eigenvalue weighted by Gasteiger charge is -2.16. The van der Waals surface area contributed by atoms with E-state index in [0.29, 0.717) is 0 Å². The van der Waals surface area contributed by atoms with Crippen LogP contribution in [0.1, 0.15) is 18.5 Å². The number of halogens is 2. The van der Waals surface area contributed by atoms with Crippen molar-refractivity contribution >= 4 is 5.97 Å². The number of ether oxygens (including phenoxy) is 1. The minimum atomic E-state index is -2.87. The summed E-state index contributed by atoms with van der Waals surface area (Å²) < 4.78 is 28.1. The van der Waals surface area contributed by atoms with E-state index in [-0.39, 0.29) is 18.3 Å². The van der Waals surface area contributed by atoms with E-state index in [1.807, 2.05) is 0 Å². The summed E-state index contributed by atoms with van der Waals surface area (Å²) in [6, 6.07) is 5.74. The highest BCUT2D eigenvalue weighted by molar-refractivity contribution is 5.72. The highest BCUT2D eigenvalue weighted by Gasteiger charge is 2.14. The zero-order chi connectivity index (χ0) is 14.4. The fraction of sp³-hybridized carbons (Fsp3) is 0.417. The fourth-order valence-electron chi connectivity index (χ4n) is 1.43. The summed E-state index contributed by atoms with van der Waals surface area (Å²) in [7, 11) is 0. The molecule has 0 fully saturated rings. The summed E-state index contributed by atoms with van der Waals surface area (Å²) >= 11 is 0. The molecule has 106 valence electrons. The first-order chi connectivity index (χ1) is 8.90. The van der Waals surface area contributed by atoms with Gasteiger partial charge in [-0.1, -0.05) is 12.1 Å². The van der Waals surface area contributed by atoms with Crippen molar-refractivity contribution in [3.63, 3.8) is 0 Å². The Balaban J connectivity index is 2.53. The Bertz CT molecular complexity index is 411. The second-order valence-electron chi connectivity index (χ2n) is 3.93. The van der Waals surface area contributed by atoms with Gasteiger partial charge in [0, 0.05) is 12.6 Å². The van der Waals surface area contributed by atoms with E-state index in [2.05, 4.69) is 10.1 Å². The van der Waals surface area contributed by atoms with Crippen molar-refractivity contribution in [2.24, 2.45) is 0 Å². The molecule has 0 saturated carbocycles. The van der Waals surface area contributed by atoms with E-state index in [4.69, 9.17) is 10.2 Å². The summed E-state index contributed by atoms with van der Waals surface area (Å²) in [5.41, 5.74) is 0.763. The van der Waals surface area contributed by atoms with Gasteiger partial charge in [0.2, 0.25) is 0 Å². The first-order valence-electron chi connectivity index (χ1n) is 5.59. The van der Waals surface area contributed by atoms with Crippen molar-refractivity contribution in [2.75, 3.05) is 6.54 Å². The number of hydrogen-bond donors (Lipinski definition) is 3. The van der Waals surface area contributed by atoms with Gasteiger partial charge in [-0.25, -0.2) is 4.79 Å². The topological polar surface area (TPSA) is 78.8 Å². The number of carboxylic acid groups (broad SMARTS) is 1. The maximum Gasteiger partial charge on any atom is 0.387 e. The summed E-state index contributed by atoms with van der Waals surface area (Å²) in [6.45, 7) is -1.21. The van der Waals surface area contributed by atoms with E-state index in [1.54, 1.807) is 19.1 Å². The average molecular weight is 275 g/mol. The molecular formula is C12H15F2NO4. The Hall–Kier alpha value is -1.73. The van der Waals surface area contributed by atoms with E-state index < -0.39 is 18.7 Å². The number of aliphatic carboxylic acids is 1. The third-order valence-corrected chi connectivity index (χ3v) is 2.51. The molecule has 0 heterocycles. The number of carboxylic acids is 1. The fourth-order valence-corrected chi connectivity index (χ4v) is 1.43. The molecule has 0 aliphatic heterocycles. The summed E-state index contributed by atoms with van der Waals surface area (Å²) in [4.78, 5) is 10.4. The number of aliphatic hydroxyl groups excluding tert-OH is 1. The molecule has 0 amide bonds. The number of aliphatic hydroxyl groups is 1. The Kier molecular flexibility index (Phi) is 5.65. The molecule has 0 spiro atoms. The Morgan fingerprint density at radius 2 is 1.95 bits per heavy atom. The first-order valence-corrected chi connectivity index (χ1v) is 5.59. The largest absolute Gasteiger partial charge is 0.479 e. The standard InChI is InChI=1S/C12H15F2NO4/c1-7(15-6-10(16)11(17)18)8-2-4-9(5-3-8)19-12(13)14/h2-5,7,10,12,15-16H,6H2,1H3,(H,17,18)/t7-,10+/m0/s1. The van der Waals surface area contributed by atoms with Gasteiger partial charge in [0.25, 0.3) is 0 Å². The average Bonchev–Trinajstić information content (AvgIpc) is 2.35. The lowest BCUT2D eigenvalue weighted by Crippen LogP contribution is -2.34. The number of alkyl halides is 2. The Morgan fingerprint density at radius 1 is 1.37 bits per heavy atom. The van der Waals surface area contributed by atoms with Crippen LogP contribution in [0.5, 0.6) is 5.75 Å². The maximum atomic E-state index is 11.9. The molecular weight excluding hydrogens is 260 g/mol. The van der Waals surface area contributed by atoms with Crippen LogP contribution in [0.15, 0.2) is 24.3 Å². The number of carbonyl (C=O) groups is 1. The summed E-state index contributed by atoms with van der Waals surface area (Å²) in [5.74, 6) is -1.25. The van der Waals surface area contributed by atoms with Crippen LogP contribution in [-0.4, -0.2) is 35.4 Å². The first kappa shape index (κ1) is 15.3. The normalized spacial score (nSPS) is 14.2. The highest BCUT2D eigenvalue weighted by atomic mass is 19.3. The summed E-state index contributed by atoms with van der Waals surface area (Å²) in [6.07, 6.45) is -1.48. The minimum Gasteiger partial charge on any atom is -0.479 e. The van der Waals surface area contributed by atoms with Gasteiger partial charge in [0.15, 0.2) is 6.10 Å². The van der Waals surface area contributed by atoms with Crippen LogP contribution in [-0.2, 0) is 4.79 Å². The molecule has 0 saturated heterocycles. The third-order valence-electron chi connectivity index (χ3n) is 2.51. The minimum absolute atomic E-state index is 0.0523. The van der Waals surface area contributed by atoms with E-state index >= 15 is 0 Å². The molecule has 7 heteroatoms. The van der Waals surface area contributed by atoms with Gasteiger partial charge in [-0.05, 0) is 24.6 Å². The second-order valence-corrected chi connectivity index (χ2v) is 3.93. The van der Waals surface area contributed by atoms with Gasteiger partial charge in [0.1, 0.15) is 5.75 Å². The van der Waals surface area contributed by atoms with Crippen molar-refractivity contribution < 1.29 is 28.5 Å². The van der Waals surface area contributed by atoms with Gasteiger partial charge in [-0.3, -0.25) is 0 Å². The molecule has 3 N–H and O–H groups in total. The van der Waals surface area contributed by atoms with Crippen LogP contribution in [0, 0.1) is 0 Å². The van der Waals surface area contributed by atoms with Gasteiger partial charge in [-0.15, -0.1) is 0 Å². The van der Waals surface area contributed by atoms with Crippen LogP contribution < -0.4 is 10.1 Å². The molecule has 0 aliphatic rings. The quantitative estimate of drug-likeness (QED) is 0.700. The van der Waals surface area contributed by atoms with E-state index in [9.17, 15) is 13.6 Å². The highest BCUT2D eigenvalue weighted by Crippen LogP contribution is 2.19. The molecule has 0 aromatic heterocycles. The number of nitrogens with one attached hydrogen (secondary N) is 1. The molecule has 0 unspecified atom stereocenters. The molecule has 0 radical (unpaired) electrons. The lowest BCUT2D eigenvalue weighted by atomic mass is 10.1. The second kappa shape index (κ2) is 7.01. The molecule has 0 aliphatic carbocycles. The lowest BCUT2D eigenvalue weighted by molar-refractivity contribution is -0.146. The molecule has 5 nitrogen and oxygen atoms in total. The zero-order valence-electron chi connectivity index (χ0n) is 10.2. The Morgan fingerprint density at radius 3 is 2.42 bits per heavy atom. The number of rotatable bonds is 7. The van der Waals surface area contributed by atoms with Crippen LogP contribution in [0.25, 0.3) is 0 Å². The monoisotopic (exact) mass is 275 g/mol. The Labute approximate surface area is 108 Å². The molecule has 2 atom stereocenters. The zero-order valence-corrected chi connectivity index (χ0v) is 10.2. The van der Waals surface area contributed by atoms with Crippen molar-refractivity contribution in [1.29, 1.82) is 0 Å². The smallest absolute Gasteiger partial charge is 0.387 e. The van der Waals surface area contributed by atoms with Gasteiger partial charge in [-0.2, -0.15) is 8.78 Å².